The van der Waals surface area contributed by atoms with E-state index in [1.165, 1.54) is 31.0 Å². The fourth-order valence-corrected chi connectivity index (χ4v) is 3.03. The molecule has 0 atom stereocenters. The second-order valence-electron chi connectivity index (χ2n) is 5.53. The van der Waals surface area contributed by atoms with E-state index >= 15 is 0 Å². The van der Waals surface area contributed by atoms with Crippen molar-refractivity contribution in [1.29, 1.82) is 0 Å². The number of halogens is 2. The Kier molecular flexibility index (Phi) is 4.91. The zero-order valence-corrected chi connectivity index (χ0v) is 14.1. The summed E-state index contributed by atoms with van der Waals surface area (Å²) < 4.78 is 13.8. The average molecular weight is 378 g/mol. The monoisotopic (exact) mass is 377 g/mol. The van der Waals surface area contributed by atoms with Crippen LogP contribution in [0.5, 0.6) is 0 Å². The van der Waals surface area contributed by atoms with Crippen LogP contribution in [-0.4, -0.2) is 24.0 Å². The van der Waals surface area contributed by atoms with Gasteiger partial charge in [-0.2, -0.15) is 0 Å². The van der Waals surface area contributed by atoms with E-state index in [-0.39, 0.29) is 11.5 Å². The third-order valence-electron chi connectivity index (χ3n) is 3.87. The van der Waals surface area contributed by atoms with Crippen molar-refractivity contribution < 1.29 is 9.18 Å². The van der Waals surface area contributed by atoms with Crippen molar-refractivity contribution in [2.75, 3.05) is 18.0 Å². The van der Waals surface area contributed by atoms with Crippen LogP contribution in [0, 0.1) is 5.82 Å². The lowest BCUT2D eigenvalue weighted by molar-refractivity contribution is 0.0949. The molecule has 0 radical (unpaired) electrons. The second kappa shape index (κ2) is 7.08. The Bertz CT molecular complexity index is 699. The maximum absolute atomic E-state index is 13.2. The highest BCUT2D eigenvalue weighted by Gasteiger charge is 2.14. The summed E-state index contributed by atoms with van der Waals surface area (Å²) in [6.45, 7) is 2.46. The summed E-state index contributed by atoms with van der Waals surface area (Å²) in [4.78, 5) is 18.8. The van der Waals surface area contributed by atoms with Gasteiger partial charge in [0.05, 0.1) is 5.56 Å². The van der Waals surface area contributed by atoms with E-state index in [0.29, 0.717) is 11.0 Å². The van der Waals surface area contributed by atoms with Crippen LogP contribution in [0.25, 0.3) is 0 Å². The number of anilines is 1. The third-order valence-corrected chi connectivity index (χ3v) is 4.56. The van der Waals surface area contributed by atoms with Crippen LogP contribution in [0.3, 0.4) is 0 Å². The highest BCUT2D eigenvalue weighted by Crippen LogP contribution is 2.19. The standard InChI is InChI=1S/C17H17BrFN3O/c18-15-5-4-13(19)9-14(15)17(23)21-11-12-3-6-16(20-10-12)22-7-1-2-8-22/h3-6,9-10H,1-2,7-8,11H2,(H,21,23). The predicted octanol–water partition coefficient (Wildman–Crippen LogP) is 3.51. The summed E-state index contributed by atoms with van der Waals surface area (Å²) in [6, 6.07) is 7.99. The topological polar surface area (TPSA) is 45.2 Å². The van der Waals surface area contributed by atoms with Crippen molar-refractivity contribution in [3.05, 3.63) is 57.9 Å². The average Bonchev–Trinajstić information content (AvgIpc) is 3.10. The van der Waals surface area contributed by atoms with Crippen molar-refractivity contribution in [3.8, 4) is 0 Å². The number of carbonyl (C=O) groups excluding carboxylic acids is 1. The van der Waals surface area contributed by atoms with E-state index in [9.17, 15) is 9.18 Å². The van der Waals surface area contributed by atoms with Gasteiger partial charge >= 0.3 is 0 Å². The molecular weight excluding hydrogens is 361 g/mol. The van der Waals surface area contributed by atoms with Gasteiger partial charge in [-0.3, -0.25) is 4.79 Å². The predicted molar refractivity (Wildman–Crippen MR) is 91.0 cm³/mol. The van der Waals surface area contributed by atoms with Gasteiger partial charge in [0.15, 0.2) is 0 Å². The highest BCUT2D eigenvalue weighted by atomic mass is 79.9. The lowest BCUT2D eigenvalue weighted by Gasteiger charge is -2.16. The molecule has 120 valence electrons. The molecule has 1 aliphatic rings. The van der Waals surface area contributed by atoms with Crippen molar-refractivity contribution in [2.45, 2.75) is 19.4 Å². The number of nitrogens with one attached hydrogen (secondary N) is 1. The summed E-state index contributed by atoms with van der Waals surface area (Å²) in [5.74, 6) is 0.223. The molecular formula is C17H17BrFN3O. The molecule has 2 heterocycles. The number of hydrogen-bond acceptors (Lipinski definition) is 3. The minimum atomic E-state index is -0.435. The summed E-state index contributed by atoms with van der Waals surface area (Å²) in [5, 5.41) is 2.78. The quantitative estimate of drug-likeness (QED) is 0.886. The fraction of sp³-hybridized carbons (Fsp3) is 0.294. The Morgan fingerprint density at radius 1 is 1.26 bits per heavy atom. The number of amides is 1. The number of pyridine rings is 1. The van der Waals surface area contributed by atoms with Crippen LogP contribution in [0.1, 0.15) is 28.8 Å². The molecule has 1 saturated heterocycles. The Hall–Kier alpha value is -1.95. The molecule has 0 aliphatic carbocycles. The summed E-state index contributed by atoms with van der Waals surface area (Å²) in [5.41, 5.74) is 1.19. The SMILES string of the molecule is O=C(NCc1ccc(N2CCCC2)nc1)c1cc(F)ccc1Br. The minimum absolute atomic E-state index is 0.284. The first kappa shape index (κ1) is 15.9. The molecule has 1 aromatic heterocycles. The number of carbonyl (C=O) groups is 1. The van der Waals surface area contributed by atoms with Gasteiger partial charge in [0.1, 0.15) is 11.6 Å². The first-order valence-electron chi connectivity index (χ1n) is 7.56. The zero-order valence-electron chi connectivity index (χ0n) is 12.6. The number of nitrogens with zero attached hydrogens (tertiary/aromatic N) is 2. The van der Waals surface area contributed by atoms with Crippen molar-refractivity contribution in [2.24, 2.45) is 0 Å². The van der Waals surface area contributed by atoms with Crippen molar-refractivity contribution >= 4 is 27.7 Å². The summed E-state index contributed by atoms with van der Waals surface area (Å²) in [6.07, 6.45) is 4.19. The molecule has 6 heteroatoms. The molecule has 1 N–H and O–H groups in total. The Morgan fingerprint density at radius 2 is 2.04 bits per heavy atom. The molecule has 0 bridgehead atoms. The molecule has 0 spiro atoms. The molecule has 3 rings (SSSR count). The van der Waals surface area contributed by atoms with Crippen LogP contribution >= 0.6 is 15.9 Å². The van der Waals surface area contributed by atoms with E-state index < -0.39 is 5.82 Å². The minimum Gasteiger partial charge on any atom is -0.357 e. The first-order valence-corrected chi connectivity index (χ1v) is 8.36. The van der Waals surface area contributed by atoms with Gasteiger partial charge in [-0.05, 0) is 58.6 Å². The maximum Gasteiger partial charge on any atom is 0.252 e. The Labute approximate surface area is 142 Å². The molecule has 1 aliphatic heterocycles. The Morgan fingerprint density at radius 3 is 2.74 bits per heavy atom. The van der Waals surface area contributed by atoms with Gasteiger partial charge in [-0.25, -0.2) is 9.37 Å². The van der Waals surface area contributed by atoms with Crippen LogP contribution in [0.2, 0.25) is 0 Å². The molecule has 1 aromatic carbocycles. The van der Waals surface area contributed by atoms with Crippen LogP contribution in [0.4, 0.5) is 10.2 Å². The van der Waals surface area contributed by atoms with E-state index in [2.05, 4.69) is 31.1 Å². The smallest absolute Gasteiger partial charge is 0.252 e. The van der Waals surface area contributed by atoms with Crippen molar-refractivity contribution in [1.82, 2.24) is 10.3 Å². The lowest BCUT2D eigenvalue weighted by Crippen LogP contribution is -2.23. The molecule has 23 heavy (non-hydrogen) atoms. The van der Waals surface area contributed by atoms with E-state index in [1.807, 2.05) is 12.1 Å². The number of aromatic nitrogens is 1. The third kappa shape index (κ3) is 3.88. The number of hydrogen-bond donors (Lipinski definition) is 1. The number of rotatable bonds is 4. The first-order chi connectivity index (χ1) is 11.1. The van der Waals surface area contributed by atoms with Gasteiger partial charge in [0, 0.05) is 30.3 Å². The van der Waals surface area contributed by atoms with Crippen molar-refractivity contribution in [3.63, 3.8) is 0 Å². The second-order valence-corrected chi connectivity index (χ2v) is 6.38. The number of benzene rings is 1. The van der Waals surface area contributed by atoms with Gasteiger partial charge < -0.3 is 10.2 Å². The largest absolute Gasteiger partial charge is 0.357 e. The zero-order chi connectivity index (χ0) is 16.2. The molecule has 0 unspecified atom stereocenters. The molecule has 0 saturated carbocycles. The van der Waals surface area contributed by atoms with E-state index in [1.54, 1.807) is 6.20 Å². The van der Waals surface area contributed by atoms with E-state index in [0.717, 1.165) is 24.5 Å². The molecule has 1 fully saturated rings. The van der Waals surface area contributed by atoms with Crippen LogP contribution in [-0.2, 0) is 6.54 Å². The molecule has 4 nitrogen and oxygen atoms in total. The van der Waals surface area contributed by atoms with Gasteiger partial charge in [-0.1, -0.05) is 6.07 Å². The molecule has 1 amide bonds. The fourth-order valence-electron chi connectivity index (χ4n) is 2.60. The van der Waals surface area contributed by atoms with Gasteiger partial charge in [0.2, 0.25) is 0 Å². The van der Waals surface area contributed by atoms with Gasteiger partial charge in [-0.15, -0.1) is 0 Å². The summed E-state index contributed by atoms with van der Waals surface area (Å²) >= 11 is 3.26. The van der Waals surface area contributed by atoms with Crippen LogP contribution in [0.15, 0.2) is 41.0 Å². The normalized spacial score (nSPS) is 14.1. The van der Waals surface area contributed by atoms with Gasteiger partial charge in [0.25, 0.3) is 5.91 Å². The lowest BCUT2D eigenvalue weighted by atomic mass is 10.2. The van der Waals surface area contributed by atoms with E-state index in [4.69, 9.17) is 0 Å². The summed E-state index contributed by atoms with van der Waals surface area (Å²) in [7, 11) is 0. The Balaban J connectivity index is 1.61. The molecule has 2 aromatic rings. The maximum atomic E-state index is 13.2. The van der Waals surface area contributed by atoms with Crippen LogP contribution < -0.4 is 10.2 Å². The highest BCUT2D eigenvalue weighted by molar-refractivity contribution is 9.10.